The maximum absolute atomic E-state index is 12.3. The smallest absolute Gasteiger partial charge is 0.272 e. The molecular formula is C12H20N4OS. The summed E-state index contributed by atoms with van der Waals surface area (Å²) in [5.41, 5.74) is 7.00. The number of nitrogens with zero attached hydrogens (tertiary/aromatic N) is 3. The number of aryl methyl sites for hydroxylation is 2. The van der Waals surface area contributed by atoms with E-state index in [1.165, 1.54) is 0 Å². The van der Waals surface area contributed by atoms with Gasteiger partial charge in [-0.3, -0.25) is 9.48 Å². The van der Waals surface area contributed by atoms with Crippen molar-refractivity contribution >= 4 is 23.1 Å². The van der Waals surface area contributed by atoms with E-state index in [1.54, 1.807) is 23.7 Å². The summed E-state index contributed by atoms with van der Waals surface area (Å²) in [5, 5.41) is 4.27. The van der Waals surface area contributed by atoms with Crippen LogP contribution < -0.4 is 5.73 Å². The molecule has 0 radical (unpaired) electrons. The van der Waals surface area contributed by atoms with E-state index in [2.05, 4.69) is 5.10 Å². The molecule has 0 bridgehead atoms. The SMILES string of the molecule is CCc1cc(C(=O)N(C)C(C)CC(N)=S)n(C)n1. The van der Waals surface area contributed by atoms with Crippen LogP contribution in [-0.2, 0) is 13.5 Å². The molecule has 18 heavy (non-hydrogen) atoms. The molecule has 0 aliphatic rings. The Balaban J connectivity index is 2.85. The molecule has 0 saturated carbocycles. The molecule has 6 heteroatoms. The van der Waals surface area contributed by atoms with Gasteiger partial charge in [0.1, 0.15) is 5.69 Å². The molecule has 1 aromatic heterocycles. The van der Waals surface area contributed by atoms with Gasteiger partial charge in [-0.2, -0.15) is 5.10 Å². The highest BCUT2D eigenvalue weighted by Gasteiger charge is 2.21. The molecule has 0 saturated heterocycles. The fraction of sp³-hybridized carbons (Fsp3) is 0.583. The second kappa shape index (κ2) is 5.95. The minimum Gasteiger partial charge on any atom is -0.393 e. The zero-order valence-electron chi connectivity index (χ0n) is 11.3. The molecular weight excluding hydrogens is 248 g/mol. The number of rotatable bonds is 5. The summed E-state index contributed by atoms with van der Waals surface area (Å²) >= 11 is 4.87. The van der Waals surface area contributed by atoms with Gasteiger partial charge in [0.2, 0.25) is 0 Å². The Morgan fingerprint density at radius 1 is 1.67 bits per heavy atom. The number of thiocarbonyl (C=S) groups is 1. The average molecular weight is 268 g/mol. The lowest BCUT2D eigenvalue weighted by Crippen LogP contribution is -2.38. The Labute approximate surface area is 113 Å². The fourth-order valence-electron chi connectivity index (χ4n) is 1.71. The van der Waals surface area contributed by atoms with Crippen molar-refractivity contribution in [2.75, 3.05) is 7.05 Å². The Bertz CT molecular complexity index is 455. The van der Waals surface area contributed by atoms with Crippen molar-refractivity contribution in [3.63, 3.8) is 0 Å². The van der Waals surface area contributed by atoms with Crippen LogP contribution in [0.1, 0.15) is 36.5 Å². The molecule has 1 rings (SSSR count). The first kappa shape index (κ1) is 14.6. The largest absolute Gasteiger partial charge is 0.393 e. The molecule has 1 aromatic rings. The highest BCUT2D eigenvalue weighted by Crippen LogP contribution is 2.10. The highest BCUT2D eigenvalue weighted by molar-refractivity contribution is 7.80. The Morgan fingerprint density at radius 3 is 2.72 bits per heavy atom. The van der Waals surface area contributed by atoms with Crippen molar-refractivity contribution in [2.45, 2.75) is 32.7 Å². The van der Waals surface area contributed by atoms with Gasteiger partial charge in [-0.15, -0.1) is 0 Å². The summed E-state index contributed by atoms with van der Waals surface area (Å²) in [6.45, 7) is 3.93. The van der Waals surface area contributed by atoms with Crippen LogP contribution in [0.15, 0.2) is 6.07 Å². The Morgan fingerprint density at radius 2 is 2.28 bits per heavy atom. The Kier molecular flexibility index (Phi) is 4.84. The average Bonchev–Trinajstić information content (AvgIpc) is 2.67. The molecule has 0 aliphatic carbocycles. The lowest BCUT2D eigenvalue weighted by atomic mass is 10.2. The third-order valence-corrected chi connectivity index (χ3v) is 3.16. The molecule has 2 N–H and O–H groups in total. The van der Waals surface area contributed by atoms with Crippen LogP contribution in [-0.4, -0.2) is 38.7 Å². The molecule has 5 nitrogen and oxygen atoms in total. The van der Waals surface area contributed by atoms with E-state index >= 15 is 0 Å². The van der Waals surface area contributed by atoms with Crippen molar-refractivity contribution in [3.8, 4) is 0 Å². The summed E-state index contributed by atoms with van der Waals surface area (Å²) in [7, 11) is 3.53. The van der Waals surface area contributed by atoms with Crippen molar-refractivity contribution in [2.24, 2.45) is 12.8 Å². The van der Waals surface area contributed by atoms with E-state index in [0.29, 0.717) is 17.1 Å². The monoisotopic (exact) mass is 268 g/mol. The summed E-state index contributed by atoms with van der Waals surface area (Å²) in [6.07, 6.45) is 1.34. The molecule has 1 amide bonds. The molecule has 0 fully saturated rings. The van der Waals surface area contributed by atoms with Gasteiger partial charge in [0.05, 0.1) is 10.7 Å². The molecule has 1 heterocycles. The van der Waals surface area contributed by atoms with E-state index in [9.17, 15) is 4.79 Å². The first-order chi connectivity index (χ1) is 8.36. The predicted octanol–water partition coefficient (Wildman–Crippen LogP) is 1.12. The molecule has 1 unspecified atom stereocenters. The second-order valence-corrected chi connectivity index (χ2v) is 4.96. The van der Waals surface area contributed by atoms with Crippen molar-refractivity contribution in [1.29, 1.82) is 0 Å². The number of hydrogen-bond acceptors (Lipinski definition) is 3. The van der Waals surface area contributed by atoms with Gasteiger partial charge in [-0.25, -0.2) is 0 Å². The summed E-state index contributed by atoms with van der Waals surface area (Å²) < 4.78 is 1.62. The third kappa shape index (κ3) is 3.29. The van der Waals surface area contributed by atoms with Crippen LogP contribution in [0.2, 0.25) is 0 Å². The van der Waals surface area contributed by atoms with E-state index in [4.69, 9.17) is 18.0 Å². The molecule has 0 aromatic carbocycles. The van der Waals surface area contributed by atoms with Crippen LogP contribution in [0, 0.1) is 0 Å². The number of aromatic nitrogens is 2. The highest BCUT2D eigenvalue weighted by atomic mass is 32.1. The van der Waals surface area contributed by atoms with Crippen LogP contribution in [0.4, 0.5) is 0 Å². The maximum Gasteiger partial charge on any atom is 0.272 e. The number of amides is 1. The summed E-state index contributed by atoms with van der Waals surface area (Å²) in [5.74, 6) is -0.0616. The van der Waals surface area contributed by atoms with Crippen molar-refractivity contribution in [3.05, 3.63) is 17.5 Å². The summed E-state index contributed by atoms with van der Waals surface area (Å²) in [6, 6.07) is 1.81. The van der Waals surface area contributed by atoms with E-state index in [0.717, 1.165) is 12.1 Å². The van der Waals surface area contributed by atoms with E-state index < -0.39 is 0 Å². The fourth-order valence-corrected chi connectivity index (χ4v) is 1.95. The van der Waals surface area contributed by atoms with Crippen LogP contribution in [0.25, 0.3) is 0 Å². The number of carbonyl (C=O) groups is 1. The van der Waals surface area contributed by atoms with Gasteiger partial charge in [-0.05, 0) is 19.4 Å². The van der Waals surface area contributed by atoms with Crippen molar-refractivity contribution < 1.29 is 4.79 Å². The first-order valence-electron chi connectivity index (χ1n) is 5.95. The lowest BCUT2D eigenvalue weighted by molar-refractivity contribution is 0.0737. The quantitative estimate of drug-likeness (QED) is 0.813. The van der Waals surface area contributed by atoms with Gasteiger partial charge < -0.3 is 10.6 Å². The van der Waals surface area contributed by atoms with Gasteiger partial charge in [0.15, 0.2) is 0 Å². The topological polar surface area (TPSA) is 64.2 Å². The van der Waals surface area contributed by atoms with Crippen molar-refractivity contribution in [1.82, 2.24) is 14.7 Å². The van der Waals surface area contributed by atoms with Gasteiger partial charge in [0, 0.05) is 26.6 Å². The first-order valence-corrected chi connectivity index (χ1v) is 6.36. The third-order valence-electron chi connectivity index (χ3n) is 2.99. The van der Waals surface area contributed by atoms with Gasteiger partial charge in [0.25, 0.3) is 5.91 Å². The minimum atomic E-state index is -0.0616. The predicted molar refractivity (Wildman–Crippen MR) is 75.5 cm³/mol. The van der Waals surface area contributed by atoms with Crippen LogP contribution in [0.5, 0.6) is 0 Å². The molecule has 100 valence electrons. The molecule has 1 atom stereocenters. The second-order valence-electron chi connectivity index (χ2n) is 4.43. The minimum absolute atomic E-state index is 0.0185. The van der Waals surface area contributed by atoms with E-state index in [1.807, 2.05) is 19.9 Å². The van der Waals surface area contributed by atoms with Crippen LogP contribution in [0.3, 0.4) is 0 Å². The lowest BCUT2D eigenvalue weighted by Gasteiger charge is -2.24. The number of nitrogens with two attached hydrogens (primary N) is 1. The molecule has 0 aliphatic heterocycles. The van der Waals surface area contributed by atoms with E-state index in [-0.39, 0.29) is 11.9 Å². The number of carbonyl (C=O) groups excluding carboxylic acids is 1. The maximum atomic E-state index is 12.3. The Hall–Kier alpha value is -1.43. The zero-order valence-corrected chi connectivity index (χ0v) is 12.1. The number of hydrogen-bond donors (Lipinski definition) is 1. The molecule has 0 spiro atoms. The normalized spacial score (nSPS) is 12.2. The zero-order chi connectivity index (χ0) is 13.9. The van der Waals surface area contributed by atoms with Crippen LogP contribution >= 0.6 is 12.2 Å². The van der Waals surface area contributed by atoms with Gasteiger partial charge >= 0.3 is 0 Å². The van der Waals surface area contributed by atoms with Gasteiger partial charge in [-0.1, -0.05) is 19.1 Å². The standard InChI is InChI=1S/C12H20N4OS/c1-5-9-7-10(16(4)14-9)12(17)15(3)8(2)6-11(13)18/h7-8H,5-6H2,1-4H3,(H2,13,18). The summed E-state index contributed by atoms with van der Waals surface area (Å²) in [4.78, 5) is 14.4.